The standard InChI is InChI=1S/C17H20ClN5O3/c1-11(2)22(10-23-15(24)7-8-19-17(23)25)9-14-20-21-16(26-14)12-3-5-13(18)6-4-12/h3-6,11H,7-10H2,1-2H3,(H,19,25). The molecule has 3 rings (SSSR count). The molecule has 138 valence electrons. The molecule has 0 atom stereocenters. The van der Waals surface area contributed by atoms with E-state index in [2.05, 4.69) is 15.5 Å². The summed E-state index contributed by atoms with van der Waals surface area (Å²) < 4.78 is 5.72. The zero-order valence-electron chi connectivity index (χ0n) is 14.6. The van der Waals surface area contributed by atoms with E-state index in [0.29, 0.717) is 36.3 Å². The fourth-order valence-corrected chi connectivity index (χ4v) is 2.67. The molecule has 1 N–H and O–H groups in total. The van der Waals surface area contributed by atoms with E-state index in [4.69, 9.17) is 16.0 Å². The predicted octanol–water partition coefficient (Wildman–Crippen LogP) is 2.50. The summed E-state index contributed by atoms with van der Waals surface area (Å²) in [5.74, 6) is 0.618. The highest BCUT2D eigenvalue weighted by atomic mass is 35.5. The minimum atomic E-state index is -0.376. The molecule has 1 aromatic carbocycles. The Morgan fingerprint density at radius 1 is 1.27 bits per heavy atom. The Morgan fingerprint density at radius 2 is 2.00 bits per heavy atom. The fraction of sp³-hybridized carbons (Fsp3) is 0.412. The summed E-state index contributed by atoms with van der Waals surface area (Å²) in [6.07, 6.45) is 0.305. The summed E-state index contributed by atoms with van der Waals surface area (Å²) >= 11 is 5.89. The van der Waals surface area contributed by atoms with Gasteiger partial charge in [0.2, 0.25) is 17.7 Å². The summed E-state index contributed by atoms with van der Waals surface area (Å²) in [6, 6.07) is 6.80. The average Bonchev–Trinajstić information content (AvgIpc) is 3.06. The van der Waals surface area contributed by atoms with E-state index in [9.17, 15) is 9.59 Å². The van der Waals surface area contributed by atoms with Crippen LogP contribution in [-0.2, 0) is 11.3 Å². The largest absolute Gasteiger partial charge is 0.419 e. The molecule has 3 amide bonds. The van der Waals surface area contributed by atoms with Gasteiger partial charge < -0.3 is 9.73 Å². The van der Waals surface area contributed by atoms with E-state index in [-0.39, 0.29) is 24.6 Å². The van der Waals surface area contributed by atoms with E-state index >= 15 is 0 Å². The molecule has 26 heavy (non-hydrogen) atoms. The fourth-order valence-electron chi connectivity index (χ4n) is 2.54. The van der Waals surface area contributed by atoms with Gasteiger partial charge in [-0.15, -0.1) is 10.2 Å². The third kappa shape index (κ3) is 4.20. The Kier molecular flexibility index (Phi) is 5.53. The highest BCUT2D eigenvalue weighted by molar-refractivity contribution is 6.30. The molecule has 1 saturated heterocycles. The molecular formula is C17H20ClN5O3. The lowest BCUT2D eigenvalue weighted by Gasteiger charge is -2.33. The van der Waals surface area contributed by atoms with Crippen molar-refractivity contribution >= 4 is 23.5 Å². The molecule has 2 heterocycles. The number of hydrogen-bond donors (Lipinski definition) is 1. The zero-order valence-corrected chi connectivity index (χ0v) is 15.4. The Bertz CT molecular complexity index is 774. The minimum absolute atomic E-state index is 0.0726. The molecule has 1 aliphatic heterocycles. The summed E-state index contributed by atoms with van der Waals surface area (Å²) in [6.45, 7) is 4.83. The second kappa shape index (κ2) is 7.84. The van der Waals surface area contributed by atoms with Crippen LogP contribution in [0.5, 0.6) is 0 Å². The number of halogens is 1. The van der Waals surface area contributed by atoms with Gasteiger partial charge in [0, 0.05) is 29.6 Å². The van der Waals surface area contributed by atoms with E-state index < -0.39 is 0 Å². The Morgan fingerprint density at radius 3 is 2.65 bits per heavy atom. The van der Waals surface area contributed by atoms with Crippen LogP contribution in [0.15, 0.2) is 28.7 Å². The highest BCUT2D eigenvalue weighted by Gasteiger charge is 2.28. The van der Waals surface area contributed by atoms with E-state index in [1.165, 1.54) is 4.90 Å². The lowest BCUT2D eigenvalue weighted by molar-refractivity contribution is -0.131. The maximum absolute atomic E-state index is 12.0. The number of carbonyl (C=O) groups is 2. The summed E-state index contributed by atoms with van der Waals surface area (Å²) in [5, 5.41) is 11.4. The Labute approximate surface area is 156 Å². The van der Waals surface area contributed by atoms with Gasteiger partial charge in [0.25, 0.3) is 0 Å². The van der Waals surface area contributed by atoms with Gasteiger partial charge in [-0.2, -0.15) is 0 Å². The van der Waals surface area contributed by atoms with Crippen molar-refractivity contribution in [2.24, 2.45) is 0 Å². The first-order valence-electron chi connectivity index (χ1n) is 8.34. The van der Waals surface area contributed by atoms with Gasteiger partial charge in [0.1, 0.15) is 0 Å². The van der Waals surface area contributed by atoms with Gasteiger partial charge in [-0.25, -0.2) is 4.79 Å². The smallest absolute Gasteiger partial charge is 0.325 e. The lowest BCUT2D eigenvalue weighted by Crippen LogP contribution is -2.54. The van der Waals surface area contributed by atoms with E-state index in [1.807, 2.05) is 18.7 Å². The molecule has 2 aromatic rings. The summed E-state index contributed by atoms with van der Waals surface area (Å²) in [7, 11) is 0. The molecule has 0 aliphatic carbocycles. The zero-order chi connectivity index (χ0) is 18.7. The average molecular weight is 378 g/mol. The van der Waals surface area contributed by atoms with Crippen LogP contribution in [0.1, 0.15) is 26.2 Å². The first-order valence-corrected chi connectivity index (χ1v) is 8.72. The van der Waals surface area contributed by atoms with Gasteiger partial charge in [0.05, 0.1) is 13.2 Å². The number of nitrogens with zero attached hydrogens (tertiary/aromatic N) is 4. The SMILES string of the molecule is CC(C)N(Cc1nnc(-c2ccc(Cl)cc2)o1)CN1C(=O)CCNC1=O. The van der Waals surface area contributed by atoms with Crippen molar-refractivity contribution in [2.45, 2.75) is 32.9 Å². The van der Waals surface area contributed by atoms with E-state index in [0.717, 1.165) is 5.56 Å². The molecule has 0 unspecified atom stereocenters. The minimum Gasteiger partial charge on any atom is -0.419 e. The van der Waals surface area contributed by atoms with Crippen LogP contribution in [0.4, 0.5) is 4.79 Å². The van der Waals surface area contributed by atoms with Crippen molar-refractivity contribution < 1.29 is 14.0 Å². The first kappa shape index (κ1) is 18.3. The molecule has 1 fully saturated rings. The van der Waals surface area contributed by atoms with Crippen LogP contribution in [0, 0.1) is 0 Å². The molecule has 0 bridgehead atoms. The number of urea groups is 1. The van der Waals surface area contributed by atoms with Crippen LogP contribution in [0.3, 0.4) is 0 Å². The van der Waals surface area contributed by atoms with Crippen molar-refractivity contribution in [3.63, 3.8) is 0 Å². The topological polar surface area (TPSA) is 91.6 Å². The number of aromatic nitrogens is 2. The third-order valence-electron chi connectivity index (χ3n) is 4.11. The van der Waals surface area contributed by atoms with Crippen molar-refractivity contribution in [1.29, 1.82) is 0 Å². The normalized spacial score (nSPS) is 15.0. The number of hydrogen-bond acceptors (Lipinski definition) is 6. The predicted molar refractivity (Wildman–Crippen MR) is 95.2 cm³/mol. The van der Waals surface area contributed by atoms with Gasteiger partial charge in [-0.1, -0.05) is 11.6 Å². The molecule has 9 heteroatoms. The van der Waals surface area contributed by atoms with Gasteiger partial charge in [-0.3, -0.25) is 14.6 Å². The van der Waals surface area contributed by atoms with Crippen molar-refractivity contribution in [1.82, 2.24) is 25.3 Å². The van der Waals surface area contributed by atoms with Crippen LogP contribution in [0.25, 0.3) is 11.5 Å². The molecule has 0 spiro atoms. The molecule has 0 saturated carbocycles. The number of carbonyl (C=O) groups excluding carboxylic acids is 2. The molecule has 1 aliphatic rings. The molecule has 1 aromatic heterocycles. The third-order valence-corrected chi connectivity index (χ3v) is 4.36. The second-order valence-electron chi connectivity index (χ2n) is 6.29. The van der Waals surface area contributed by atoms with Crippen LogP contribution < -0.4 is 5.32 Å². The maximum atomic E-state index is 12.0. The van der Waals surface area contributed by atoms with Gasteiger partial charge in [-0.05, 0) is 38.1 Å². The quantitative estimate of drug-likeness (QED) is 0.831. The number of imide groups is 1. The number of nitrogens with one attached hydrogen (secondary N) is 1. The number of benzene rings is 1. The van der Waals surface area contributed by atoms with Crippen molar-refractivity contribution in [3.8, 4) is 11.5 Å². The van der Waals surface area contributed by atoms with Gasteiger partial charge >= 0.3 is 6.03 Å². The Balaban J connectivity index is 1.71. The molecule has 0 radical (unpaired) electrons. The number of amides is 3. The first-order chi connectivity index (χ1) is 12.4. The summed E-state index contributed by atoms with van der Waals surface area (Å²) in [4.78, 5) is 27.1. The second-order valence-corrected chi connectivity index (χ2v) is 6.73. The van der Waals surface area contributed by atoms with Crippen molar-refractivity contribution in [2.75, 3.05) is 13.2 Å². The van der Waals surface area contributed by atoms with Crippen LogP contribution in [-0.4, -0.2) is 51.2 Å². The number of rotatable bonds is 6. The van der Waals surface area contributed by atoms with Crippen molar-refractivity contribution in [3.05, 3.63) is 35.2 Å². The molecular weight excluding hydrogens is 358 g/mol. The molecule has 8 nitrogen and oxygen atoms in total. The monoisotopic (exact) mass is 377 g/mol. The maximum Gasteiger partial charge on any atom is 0.325 e. The summed E-state index contributed by atoms with van der Waals surface area (Å²) in [5.41, 5.74) is 0.773. The van der Waals surface area contributed by atoms with Crippen LogP contribution >= 0.6 is 11.6 Å². The lowest BCUT2D eigenvalue weighted by atomic mass is 10.2. The van der Waals surface area contributed by atoms with E-state index in [1.54, 1.807) is 24.3 Å². The highest BCUT2D eigenvalue weighted by Crippen LogP contribution is 2.21. The van der Waals surface area contributed by atoms with Gasteiger partial charge in [0.15, 0.2) is 0 Å². The van der Waals surface area contributed by atoms with Crippen LogP contribution in [0.2, 0.25) is 5.02 Å². The Hall–Kier alpha value is -2.45.